The number of methoxy groups -OCH3 is 1. The number of carbonyl (C=O) groups is 1. The van der Waals surface area contributed by atoms with Crippen LogP contribution in [0.3, 0.4) is 0 Å². The minimum absolute atomic E-state index is 0.113. The van der Waals surface area contributed by atoms with Crippen LogP contribution in [-0.2, 0) is 16.1 Å². The van der Waals surface area contributed by atoms with Gasteiger partial charge in [-0.15, -0.1) is 0 Å². The summed E-state index contributed by atoms with van der Waals surface area (Å²) in [5, 5.41) is 0.920. The van der Waals surface area contributed by atoms with E-state index in [0.29, 0.717) is 12.5 Å². The van der Waals surface area contributed by atoms with E-state index in [-0.39, 0.29) is 5.92 Å². The zero-order valence-electron chi connectivity index (χ0n) is 13.2. The predicted octanol–water partition coefficient (Wildman–Crippen LogP) is 1.91. The Hall–Kier alpha value is -1.21. The molecule has 0 bridgehead atoms. The fourth-order valence-electron chi connectivity index (χ4n) is 3.29. The first-order chi connectivity index (χ1) is 10.8. The van der Waals surface area contributed by atoms with Gasteiger partial charge in [0, 0.05) is 44.8 Å². The molecule has 3 rings (SSSR count). The number of aromatic nitrogens is 2. The number of ether oxygens (including phenoxy) is 1. The zero-order valence-corrected chi connectivity index (χ0v) is 14.0. The molecule has 2 saturated heterocycles. The van der Waals surface area contributed by atoms with E-state index >= 15 is 0 Å². The standard InChI is InChI=1S/C15H24N4O2S/c1-21-11-13-16-15(22-17-13)19-9-5-6-12(10-19)14(20)18-7-3-2-4-8-18/h12H,2-11H2,1H3. The second-order valence-electron chi connectivity index (χ2n) is 6.10. The lowest BCUT2D eigenvalue weighted by Crippen LogP contribution is -2.46. The van der Waals surface area contributed by atoms with Crippen LogP contribution in [0.15, 0.2) is 0 Å². The van der Waals surface area contributed by atoms with Crippen molar-refractivity contribution in [2.75, 3.05) is 38.2 Å². The van der Waals surface area contributed by atoms with Crippen LogP contribution in [-0.4, -0.2) is 53.5 Å². The van der Waals surface area contributed by atoms with E-state index in [1.165, 1.54) is 18.0 Å². The molecule has 0 aromatic carbocycles. The largest absolute Gasteiger partial charge is 0.377 e. The summed E-state index contributed by atoms with van der Waals surface area (Å²) in [6.45, 7) is 4.06. The maximum absolute atomic E-state index is 12.7. The van der Waals surface area contributed by atoms with Crippen LogP contribution in [0.25, 0.3) is 0 Å². The number of hydrogen-bond acceptors (Lipinski definition) is 6. The number of rotatable bonds is 4. The summed E-state index contributed by atoms with van der Waals surface area (Å²) in [4.78, 5) is 21.5. The Kier molecular flexibility index (Phi) is 5.25. The number of anilines is 1. The molecule has 2 fully saturated rings. The third-order valence-corrected chi connectivity index (χ3v) is 5.25. The van der Waals surface area contributed by atoms with Crippen molar-refractivity contribution in [2.45, 2.75) is 38.7 Å². The summed E-state index contributed by atoms with van der Waals surface area (Å²) in [5.41, 5.74) is 0. The molecule has 6 nitrogen and oxygen atoms in total. The van der Waals surface area contributed by atoms with Gasteiger partial charge in [0.05, 0.1) is 5.92 Å². The molecule has 0 saturated carbocycles. The van der Waals surface area contributed by atoms with Crippen LogP contribution in [0.5, 0.6) is 0 Å². The Balaban J connectivity index is 1.61. The third-order valence-electron chi connectivity index (χ3n) is 4.44. The lowest BCUT2D eigenvalue weighted by atomic mass is 9.96. The fraction of sp³-hybridized carbons (Fsp3) is 0.800. The molecule has 2 aliphatic heterocycles. The third kappa shape index (κ3) is 3.57. The average molecular weight is 324 g/mol. The molecule has 1 aromatic heterocycles. The van der Waals surface area contributed by atoms with Crippen LogP contribution in [0, 0.1) is 5.92 Å². The van der Waals surface area contributed by atoms with Crippen molar-refractivity contribution < 1.29 is 9.53 Å². The number of nitrogens with zero attached hydrogens (tertiary/aromatic N) is 4. The number of likely N-dealkylation sites (tertiary alicyclic amines) is 1. The summed E-state index contributed by atoms with van der Waals surface area (Å²) in [6.07, 6.45) is 5.60. The highest BCUT2D eigenvalue weighted by Crippen LogP contribution is 2.26. The monoisotopic (exact) mass is 324 g/mol. The van der Waals surface area contributed by atoms with Crippen molar-refractivity contribution in [1.29, 1.82) is 0 Å². The first-order valence-electron chi connectivity index (χ1n) is 8.13. The highest BCUT2D eigenvalue weighted by atomic mass is 32.1. The zero-order chi connectivity index (χ0) is 15.4. The van der Waals surface area contributed by atoms with Crippen LogP contribution in [0.1, 0.15) is 37.9 Å². The Morgan fingerprint density at radius 1 is 1.27 bits per heavy atom. The number of amides is 1. The molecule has 0 N–H and O–H groups in total. The van der Waals surface area contributed by atoms with Crippen LogP contribution < -0.4 is 4.90 Å². The van der Waals surface area contributed by atoms with Gasteiger partial charge >= 0.3 is 0 Å². The van der Waals surface area contributed by atoms with Crippen molar-refractivity contribution >= 4 is 22.6 Å². The first kappa shape index (κ1) is 15.7. The Bertz CT molecular complexity index is 501. The van der Waals surface area contributed by atoms with Gasteiger partial charge in [0.15, 0.2) is 5.82 Å². The number of carbonyl (C=O) groups excluding carboxylic acids is 1. The van der Waals surface area contributed by atoms with E-state index in [0.717, 1.165) is 62.8 Å². The normalized spacial score (nSPS) is 22.9. The predicted molar refractivity (Wildman–Crippen MR) is 86.0 cm³/mol. The van der Waals surface area contributed by atoms with Gasteiger partial charge < -0.3 is 14.5 Å². The van der Waals surface area contributed by atoms with Crippen molar-refractivity contribution in [2.24, 2.45) is 5.92 Å². The van der Waals surface area contributed by atoms with Crippen molar-refractivity contribution in [3.8, 4) is 0 Å². The number of hydrogen-bond donors (Lipinski definition) is 0. The summed E-state index contributed by atoms with van der Waals surface area (Å²) in [5.74, 6) is 1.18. The van der Waals surface area contributed by atoms with Crippen molar-refractivity contribution in [3.63, 3.8) is 0 Å². The van der Waals surface area contributed by atoms with Gasteiger partial charge in [0.25, 0.3) is 0 Å². The summed E-state index contributed by atoms with van der Waals surface area (Å²) in [7, 11) is 1.65. The van der Waals surface area contributed by atoms with E-state index in [9.17, 15) is 4.79 Å². The average Bonchev–Trinajstić information content (AvgIpc) is 3.04. The van der Waals surface area contributed by atoms with Gasteiger partial charge in [-0.25, -0.2) is 4.98 Å². The van der Waals surface area contributed by atoms with Crippen LogP contribution >= 0.6 is 11.5 Å². The first-order valence-corrected chi connectivity index (χ1v) is 8.90. The molecule has 3 heterocycles. The number of piperidine rings is 2. The Morgan fingerprint density at radius 3 is 2.86 bits per heavy atom. The maximum atomic E-state index is 12.7. The SMILES string of the molecule is COCc1nsc(N2CCCC(C(=O)N3CCCCC3)C2)n1. The molecule has 0 spiro atoms. The molecule has 1 aromatic rings. The highest BCUT2D eigenvalue weighted by molar-refractivity contribution is 7.09. The van der Waals surface area contributed by atoms with Gasteiger partial charge in [-0.3, -0.25) is 4.79 Å². The highest BCUT2D eigenvalue weighted by Gasteiger charge is 2.31. The molecule has 1 atom stereocenters. The van der Waals surface area contributed by atoms with Gasteiger partial charge in [0.1, 0.15) is 6.61 Å². The maximum Gasteiger partial charge on any atom is 0.227 e. The van der Waals surface area contributed by atoms with Gasteiger partial charge in [-0.1, -0.05) is 0 Å². The minimum atomic E-state index is 0.113. The molecule has 1 unspecified atom stereocenters. The van der Waals surface area contributed by atoms with Gasteiger partial charge in [0.2, 0.25) is 11.0 Å². The molecule has 7 heteroatoms. The molecule has 122 valence electrons. The van der Waals surface area contributed by atoms with Crippen molar-refractivity contribution in [3.05, 3.63) is 5.82 Å². The summed E-state index contributed by atoms with van der Waals surface area (Å²) in [6, 6.07) is 0. The van der Waals surface area contributed by atoms with E-state index < -0.39 is 0 Å². The van der Waals surface area contributed by atoms with Crippen molar-refractivity contribution in [1.82, 2.24) is 14.3 Å². The second-order valence-corrected chi connectivity index (χ2v) is 6.83. The fourth-order valence-corrected chi connectivity index (χ4v) is 3.99. The molecule has 1 amide bonds. The summed E-state index contributed by atoms with van der Waals surface area (Å²) < 4.78 is 9.38. The van der Waals surface area contributed by atoms with E-state index in [2.05, 4.69) is 19.2 Å². The van der Waals surface area contributed by atoms with Crippen LogP contribution in [0.2, 0.25) is 0 Å². The Labute approximate surface area is 135 Å². The van der Waals surface area contributed by atoms with E-state index in [1.54, 1.807) is 7.11 Å². The second kappa shape index (κ2) is 7.37. The lowest BCUT2D eigenvalue weighted by Gasteiger charge is -2.36. The lowest BCUT2D eigenvalue weighted by molar-refractivity contribution is -0.136. The Morgan fingerprint density at radius 2 is 2.09 bits per heavy atom. The molecule has 0 radical (unpaired) electrons. The van der Waals surface area contributed by atoms with Gasteiger partial charge in [-0.2, -0.15) is 4.37 Å². The minimum Gasteiger partial charge on any atom is -0.377 e. The molecule has 0 aliphatic carbocycles. The molecule has 2 aliphatic rings. The molecular weight excluding hydrogens is 300 g/mol. The molecular formula is C15H24N4O2S. The topological polar surface area (TPSA) is 58.6 Å². The summed E-state index contributed by atoms with van der Waals surface area (Å²) >= 11 is 1.41. The van der Waals surface area contributed by atoms with Crippen LogP contribution in [0.4, 0.5) is 5.13 Å². The van der Waals surface area contributed by atoms with E-state index in [4.69, 9.17) is 4.74 Å². The van der Waals surface area contributed by atoms with E-state index in [1.807, 2.05) is 0 Å². The van der Waals surface area contributed by atoms with Gasteiger partial charge in [-0.05, 0) is 32.1 Å². The quantitative estimate of drug-likeness (QED) is 0.847. The molecule has 22 heavy (non-hydrogen) atoms. The smallest absolute Gasteiger partial charge is 0.227 e.